The molecule has 0 unspecified atom stereocenters. The molecule has 0 fully saturated rings. The van der Waals surface area contributed by atoms with Crippen LogP contribution >= 0.6 is 0 Å². The number of hydrogen-bond donors (Lipinski definition) is 0. The van der Waals surface area contributed by atoms with Gasteiger partial charge in [-0.2, -0.15) is 0 Å². The average Bonchev–Trinajstić information content (AvgIpc) is 3.24. The molecular weight excluding hydrogens is 352 g/mol. The minimum absolute atomic E-state index is 0.0149. The predicted molar refractivity (Wildman–Crippen MR) is 120 cm³/mol. The van der Waals surface area contributed by atoms with Crippen molar-refractivity contribution in [3.63, 3.8) is 0 Å². The lowest BCUT2D eigenvalue weighted by molar-refractivity contribution is 0.446. The maximum Gasteiger partial charge on any atom is 0.130 e. The SMILES string of the molecule is C#C/C=C\C=C1/Cc2cc(-c3ccc4c(c3)C(C)(C)c3ccccc3-4)ccc2O1. The van der Waals surface area contributed by atoms with Crippen LogP contribution in [0.15, 0.2) is 84.7 Å². The van der Waals surface area contributed by atoms with E-state index in [1.54, 1.807) is 6.08 Å². The molecule has 3 aromatic rings. The van der Waals surface area contributed by atoms with Crippen LogP contribution in [0.5, 0.6) is 5.75 Å². The zero-order chi connectivity index (χ0) is 20.0. The Labute approximate surface area is 172 Å². The Morgan fingerprint density at radius 3 is 2.55 bits per heavy atom. The van der Waals surface area contributed by atoms with Crippen molar-refractivity contribution in [1.29, 1.82) is 0 Å². The Morgan fingerprint density at radius 2 is 1.69 bits per heavy atom. The lowest BCUT2D eigenvalue weighted by atomic mass is 9.81. The van der Waals surface area contributed by atoms with Crippen molar-refractivity contribution in [2.45, 2.75) is 25.7 Å². The summed E-state index contributed by atoms with van der Waals surface area (Å²) in [4.78, 5) is 0. The average molecular weight is 374 g/mol. The topological polar surface area (TPSA) is 9.23 Å². The van der Waals surface area contributed by atoms with Gasteiger partial charge in [0.1, 0.15) is 11.5 Å². The highest BCUT2D eigenvalue weighted by Crippen LogP contribution is 2.49. The van der Waals surface area contributed by atoms with E-state index >= 15 is 0 Å². The zero-order valence-corrected chi connectivity index (χ0v) is 16.7. The van der Waals surface area contributed by atoms with Gasteiger partial charge in [0.2, 0.25) is 0 Å². The maximum atomic E-state index is 5.94. The van der Waals surface area contributed by atoms with Crippen molar-refractivity contribution in [3.05, 3.63) is 101 Å². The molecule has 0 aromatic heterocycles. The Kier molecular flexibility index (Phi) is 3.96. The molecule has 0 bridgehead atoms. The lowest BCUT2D eigenvalue weighted by Gasteiger charge is -2.22. The highest BCUT2D eigenvalue weighted by atomic mass is 16.5. The smallest absolute Gasteiger partial charge is 0.130 e. The fraction of sp³-hybridized carbons (Fsp3) is 0.143. The fourth-order valence-electron chi connectivity index (χ4n) is 4.55. The molecular formula is C28H22O. The molecule has 1 heteroatoms. The van der Waals surface area contributed by atoms with Crippen molar-refractivity contribution in [3.8, 4) is 40.3 Å². The van der Waals surface area contributed by atoms with Crippen LogP contribution in [0.4, 0.5) is 0 Å². The van der Waals surface area contributed by atoms with Crippen LogP contribution in [0.1, 0.15) is 30.5 Å². The third-order valence-corrected chi connectivity index (χ3v) is 6.06. The molecule has 29 heavy (non-hydrogen) atoms. The molecule has 1 aliphatic heterocycles. The Balaban J connectivity index is 1.52. The standard InChI is InChI=1S/C28H22O/c1-4-5-6-9-22-17-21-16-19(13-15-27(21)29-22)20-12-14-24-23-10-7-8-11-25(23)28(2,3)26(24)18-20/h1,5-16,18H,17H2,2-3H3/b6-5-,22-9+. The molecule has 0 N–H and O–H groups in total. The molecule has 0 amide bonds. The largest absolute Gasteiger partial charge is 0.461 e. The number of allylic oxidation sites excluding steroid dienone is 4. The highest BCUT2D eigenvalue weighted by molar-refractivity contribution is 5.83. The van der Waals surface area contributed by atoms with E-state index in [2.05, 4.69) is 80.4 Å². The van der Waals surface area contributed by atoms with E-state index in [4.69, 9.17) is 11.2 Å². The molecule has 140 valence electrons. The lowest BCUT2D eigenvalue weighted by Crippen LogP contribution is -2.14. The number of hydrogen-bond acceptors (Lipinski definition) is 1. The maximum absolute atomic E-state index is 5.94. The van der Waals surface area contributed by atoms with Gasteiger partial charge in [-0.3, -0.25) is 0 Å². The molecule has 5 rings (SSSR count). The first-order chi connectivity index (χ1) is 14.1. The monoisotopic (exact) mass is 374 g/mol. The van der Waals surface area contributed by atoms with Crippen LogP contribution in [-0.2, 0) is 11.8 Å². The summed E-state index contributed by atoms with van der Waals surface area (Å²) in [6.07, 6.45) is 11.5. The van der Waals surface area contributed by atoms with Crippen LogP contribution in [0, 0.1) is 12.3 Å². The van der Waals surface area contributed by atoms with Crippen LogP contribution in [0.25, 0.3) is 22.3 Å². The van der Waals surface area contributed by atoms with Crippen molar-refractivity contribution in [2.24, 2.45) is 0 Å². The predicted octanol–water partition coefficient (Wildman–Crippen LogP) is 6.67. The second-order valence-corrected chi connectivity index (χ2v) is 8.19. The van der Waals surface area contributed by atoms with Crippen LogP contribution in [0.3, 0.4) is 0 Å². The third-order valence-electron chi connectivity index (χ3n) is 6.06. The van der Waals surface area contributed by atoms with Crippen molar-refractivity contribution >= 4 is 0 Å². The molecule has 1 heterocycles. The van der Waals surface area contributed by atoms with Crippen LogP contribution < -0.4 is 4.74 Å². The van der Waals surface area contributed by atoms with Gasteiger partial charge in [-0.25, -0.2) is 0 Å². The van der Waals surface area contributed by atoms with Crippen LogP contribution in [0.2, 0.25) is 0 Å². The normalized spacial score (nSPS) is 16.9. The summed E-state index contributed by atoms with van der Waals surface area (Å²) in [5.74, 6) is 4.35. The number of rotatable bonds is 2. The molecule has 1 aliphatic carbocycles. The molecule has 0 saturated carbocycles. The summed E-state index contributed by atoms with van der Waals surface area (Å²) in [5.41, 5.74) is 9.21. The minimum Gasteiger partial charge on any atom is -0.461 e. The van der Waals surface area contributed by atoms with Gasteiger partial charge in [0.15, 0.2) is 0 Å². The van der Waals surface area contributed by atoms with Crippen molar-refractivity contribution in [2.75, 3.05) is 0 Å². The quantitative estimate of drug-likeness (QED) is 0.455. The van der Waals surface area contributed by atoms with E-state index in [0.29, 0.717) is 0 Å². The summed E-state index contributed by atoms with van der Waals surface area (Å²) in [6.45, 7) is 4.64. The summed E-state index contributed by atoms with van der Waals surface area (Å²) in [5, 5.41) is 0. The van der Waals surface area contributed by atoms with Crippen molar-refractivity contribution in [1.82, 2.24) is 0 Å². The van der Waals surface area contributed by atoms with E-state index in [1.807, 2.05) is 12.2 Å². The number of terminal acetylenes is 1. The van der Waals surface area contributed by atoms with Gasteiger partial charge in [-0.1, -0.05) is 68.3 Å². The number of ether oxygens (including phenoxy) is 1. The van der Waals surface area contributed by atoms with E-state index < -0.39 is 0 Å². The zero-order valence-electron chi connectivity index (χ0n) is 16.7. The third kappa shape index (κ3) is 2.80. The van der Waals surface area contributed by atoms with E-state index in [0.717, 1.165) is 17.9 Å². The molecule has 0 spiro atoms. The minimum atomic E-state index is 0.0149. The van der Waals surface area contributed by atoms with Gasteiger partial charge in [0.05, 0.1) is 0 Å². The molecule has 2 aliphatic rings. The molecule has 0 atom stereocenters. The molecule has 1 nitrogen and oxygen atoms in total. The Bertz CT molecular complexity index is 1230. The first-order valence-corrected chi connectivity index (χ1v) is 9.95. The van der Waals surface area contributed by atoms with Gasteiger partial charge < -0.3 is 4.74 Å². The Morgan fingerprint density at radius 1 is 0.931 bits per heavy atom. The summed E-state index contributed by atoms with van der Waals surface area (Å²) < 4.78 is 5.94. The second-order valence-electron chi connectivity index (χ2n) is 8.19. The highest BCUT2D eigenvalue weighted by Gasteiger charge is 2.35. The summed E-state index contributed by atoms with van der Waals surface area (Å²) in [7, 11) is 0. The van der Waals surface area contributed by atoms with Gasteiger partial charge in [0.25, 0.3) is 0 Å². The summed E-state index contributed by atoms with van der Waals surface area (Å²) in [6, 6.07) is 22.1. The van der Waals surface area contributed by atoms with Gasteiger partial charge in [0, 0.05) is 17.4 Å². The molecule has 3 aromatic carbocycles. The first-order valence-electron chi connectivity index (χ1n) is 9.95. The first kappa shape index (κ1) is 17.6. The van der Waals surface area contributed by atoms with Crippen LogP contribution in [-0.4, -0.2) is 0 Å². The number of fused-ring (bicyclic) bond motifs is 4. The van der Waals surface area contributed by atoms with E-state index in [-0.39, 0.29) is 5.41 Å². The second kappa shape index (κ2) is 6.54. The van der Waals surface area contributed by atoms with Gasteiger partial charge in [-0.15, -0.1) is 6.42 Å². The molecule has 0 saturated heterocycles. The van der Waals surface area contributed by atoms with Crippen molar-refractivity contribution < 1.29 is 4.74 Å². The summed E-state index contributed by atoms with van der Waals surface area (Å²) >= 11 is 0. The van der Waals surface area contributed by atoms with E-state index in [9.17, 15) is 0 Å². The fourth-order valence-corrected chi connectivity index (χ4v) is 4.55. The van der Waals surface area contributed by atoms with Gasteiger partial charge in [-0.05, 0) is 63.7 Å². The Hall–Kier alpha value is -3.50. The van der Waals surface area contributed by atoms with Gasteiger partial charge >= 0.3 is 0 Å². The molecule has 0 radical (unpaired) electrons. The van der Waals surface area contributed by atoms with E-state index in [1.165, 1.54) is 38.9 Å². The number of benzene rings is 3.